The first kappa shape index (κ1) is 8.22. The Morgan fingerprint density at radius 1 is 1.07 bits per heavy atom. The number of carbonyl (C=O) groups excluding carboxylic acids is 1. The van der Waals surface area contributed by atoms with Gasteiger partial charge in [-0.3, -0.25) is 4.79 Å². The number of hydrogen-bond donors (Lipinski definition) is 0. The largest absolute Gasteiger partial charge is 0.299 e. The van der Waals surface area contributed by atoms with Gasteiger partial charge in [-0.25, -0.2) is 0 Å². The topological polar surface area (TPSA) is 17.1 Å². The molecule has 1 nitrogen and oxygen atoms in total. The van der Waals surface area contributed by atoms with Crippen LogP contribution in [-0.4, -0.2) is 5.78 Å². The van der Waals surface area contributed by atoms with Gasteiger partial charge in [-0.1, -0.05) is 30.3 Å². The molecular weight excluding hydrogens is 172 g/mol. The highest BCUT2D eigenvalue weighted by atomic mass is 16.1. The monoisotopic (exact) mass is 186 g/mol. The van der Waals surface area contributed by atoms with Crippen molar-refractivity contribution in [2.45, 2.75) is 25.2 Å². The zero-order valence-electron chi connectivity index (χ0n) is 8.15. The van der Waals surface area contributed by atoms with Crippen molar-refractivity contribution in [1.29, 1.82) is 0 Å². The van der Waals surface area contributed by atoms with Crippen molar-refractivity contribution >= 4 is 5.78 Å². The lowest BCUT2D eigenvalue weighted by Crippen LogP contribution is -2.07. The van der Waals surface area contributed by atoms with E-state index in [1.54, 1.807) is 0 Å². The Hall–Kier alpha value is -1.11. The number of Topliss-reactive ketones (excluding diaryl/α,β-unsaturated/α-hetero) is 1. The Morgan fingerprint density at radius 3 is 2.57 bits per heavy atom. The van der Waals surface area contributed by atoms with Gasteiger partial charge in [0.05, 0.1) is 0 Å². The SMILES string of the molecule is O=C1CCCC2C1C2c1ccccc1. The molecule has 0 aromatic heterocycles. The predicted octanol–water partition coefficient (Wildman–Crippen LogP) is 2.77. The fourth-order valence-corrected chi connectivity index (χ4v) is 2.98. The highest BCUT2D eigenvalue weighted by Crippen LogP contribution is 2.59. The van der Waals surface area contributed by atoms with Crippen molar-refractivity contribution in [1.82, 2.24) is 0 Å². The van der Waals surface area contributed by atoms with E-state index in [0.29, 0.717) is 23.5 Å². The summed E-state index contributed by atoms with van der Waals surface area (Å²) in [6.07, 6.45) is 3.20. The second kappa shape index (κ2) is 2.94. The second-order valence-electron chi connectivity index (χ2n) is 4.48. The molecule has 2 saturated carbocycles. The summed E-state index contributed by atoms with van der Waals surface area (Å²) in [6.45, 7) is 0. The quantitative estimate of drug-likeness (QED) is 0.659. The van der Waals surface area contributed by atoms with Crippen molar-refractivity contribution in [3.8, 4) is 0 Å². The molecule has 14 heavy (non-hydrogen) atoms. The molecule has 2 aliphatic carbocycles. The second-order valence-corrected chi connectivity index (χ2v) is 4.48. The molecule has 1 aromatic carbocycles. The Balaban J connectivity index is 1.87. The van der Waals surface area contributed by atoms with E-state index in [4.69, 9.17) is 0 Å². The molecule has 0 aliphatic heterocycles. The van der Waals surface area contributed by atoms with E-state index in [9.17, 15) is 4.79 Å². The van der Waals surface area contributed by atoms with E-state index >= 15 is 0 Å². The number of fused-ring (bicyclic) bond motifs is 1. The van der Waals surface area contributed by atoms with Crippen LogP contribution in [-0.2, 0) is 4.79 Å². The fourth-order valence-electron chi connectivity index (χ4n) is 2.98. The minimum atomic E-state index is 0.381. The van der Waals surface area contributed by atoms with Crippen LogP contribution in [0.3, 0.4) is 0 Å². The third-order valence-corrected chi connectivity index (χ3v) is 3.69. The van der Waals surface area contributed by atoms with Gasteiger partial charge in [-0.15, -0.1) is 0 Å². The van der Waals surface area contributed by atoms with Crippen molar-refractivity contribution < 1.29 is 4.79 Å². The third kappa shape index (κ3) is 1.12. The molecular formula is C13H14O. The minimum absolute atomic E-state index is 0.381. The van der Waals surface area contributed by atoms with Gasteiger partial charge in [0.1, 0.15) is 5.78 Å². The van der Waals surface area contributed by atoms with E-state index in [0.717, 1.165) is 12.8 Å². The summed E-state index contributed by atoms with van der Waals surface area (Å²) in [5.41, 5.74) is 1.37. The standard InChI is InChI=1S/C13H14O/c14-11-8-4-7-10-12(13(10)11)9-5-2-1-3-6-9/h1-3,5-6,10,12-13H,4,7-8H2. The van der Waals surface area contributed by atoms with Gasteiger partial charge in [0.2, 0.25) is 0 Å². The summed E-state index contributed by atoms with van der Waals surface area (Å²) < 4.78 is 0. The first-order valence-electron chi connectivity index (χ1n) is 5.45. The number of ketones is 1. The molecule has 2 aliphatic rings. The Bertz CT molecular complexity index is 355. The normalized spacial score (nSPS) is 35.1. The van der Waals surface area contributed by atoms with Crippen LogP contribution in [0.4, 0.5) is 0 Å². The highest BCUT2D eigenvalue weighted by Gasteiger charge is 2.55. The maximum absolute atomic E-state index is 11.6. The third-order valence-electron chi connectivity index (χ3n) is 3.69. The lowest BCUT2D eigenvalue weighted by molar-refractivity contribution is -0.121. The van der Waals surface area contributed by atoms with E-state index in [2.05, 4.69) is 24.3 Å². The average Bonchev–Trinajstić information content (AvgIpc) is 2.95. The van der Waals surface area contributed by atoms with E-state index in [1.165, 1.54) is 12.0 Å². The number of hydrogen-bond acceptors (Lipinski definition) is 1. The van der Waals surface area contributed by atoms with Crippen LogP contribution in [0.2, 0.25) is 0 Å². The van der Waals surface area contributed by atoms with E-state index in [1.807, 2.05) is 6.07 Å². The minimum Gasteiger partial charge on any atom is -0.299 e. The maximum atomic E-state index is 11.6. The maximum Gasteiger partial charge on any atom is 0.136 e. The van der Waals surface area contributed by atoms with Gasteiger partial charge >= 0.3 is 0 Å². The number of carbonyl (C=O) groups is 1. The van der Waals surface area contributed by atoms with Gasteiger partial charge in [-0.05, 0) is 30.2 Å². The number of benzene rings is 1. The molecule has 1 aromatic rings. The molecule has 0 N–H and O–H groups in total. The van der Waals surface area contributed by atoms with Crippen LogP contribution < -0.4 is 0 Å². The Kier molecular flexibility index (Phi) is 1.73. The summed E-state index contributed by atoms with van der Waals surface area (Å²) in [7, 11) is 0. The van der Waals surface area contributed by atoms with E-state index in [-0.39, 0.29) is 0 Å². The van der Waals surface area contributed by atoms with Crippen molar-refractivity contribution in [2.24, 2.45) is 11.8 Å². The molecule has 72 valence electrons. The molecule has 2 fully saturated rings. The summed E-state index contributed by atoms with van der Waals surface area (Å²) in [6, 6.07) is 10.5. The summed E-state index contributed by atoms with van der Waals surface area (Å²) in [5, 5.41) is 0. The van der Waals surface area contributed by atoms with Crippen molar-refractivity contribution in [3.63, 3.8) is 0 Å². The molecule has 3 atom stereocenters. The molecule has 0 heterocycles. The van der Waals surface area contributed by atoms with Gasteiger partial charge in [0.25, 0.3) is 0 Å². The summed E-state index contributed by atoms with van der Waals surface area (Å²) >= 11 is 0. The Morgan fingerprint density at radius 2 is 1.86 bits per heavy atom. The van der Waals surface area contributed by atoms with Crippen LogP contribution in [0.25, 0.3) is 0 Å². The zero-order valence-corrected chi connectivity index (χ0v) is 8.15. The molecule has 0 amide bonds. The lowest BCUT2D eigenvalue weighted by atomic mass is 10.00. The van der Waals surface area contributed by atoms with Crippen LogP contribution >= 0.6 is 0 Å². The van der Waals surface area contributed by atoms with E-state index < -0.39 is 0 Å². The van der Waals surface area contributed by atoms with Gasteiger partial charge in [0, 0.05) is 12.3 Å². The highest BCUT2D eigenvalue weighted by molar-refractivity contribution is 5.86. The zero-order chi connectivity index (χ0) is 9.54. The van der Waals surface area contributed by atoms with Crippen molar-refractivity contribution in [3.05, 3.63) is 35.9 Å². The number of rotatable bonds is 1. The van der Waals surface area contributed by atoms with Gasteiger partial charge in [-0.2, -0.15) is 0 Å². The summed E-state index contributed by atoms with van der Waals surface area (Å²) in [5.74, 6) is 2.13. The molecule has 1 heteroatoms. The first-order chi connectivity index (χ1) is 6.88. The molecule has 3 unspecified atom stereocenters. The fraction of sp³-hybridized carbons (Fsp3) is 0.462. The smallest absolute Gasteiger partial charge is 0.136 e. The van der Waals surface area contributed by atoms with Crippen LogP contribution in [0.1, 0.15) is 30.7 Å². The van der Waals surface area contributed by atoms with Gasteiger partial charge < -0.3 is 0 Å². The lowest BCUT2D eigenvalue weighted by Gasteiger charge is -2.04. The Labute approximate surface area is 84.1 Å². The molecule has 0 spiro atoms. The molecule has 0 bridgehead atoms. The first-order valence-corrected chi connectivity index (χ1v) is 5.45. The van der Waals surface area contributed by atoms with Crippen LogP contribution in [0, 0.1) is 11.8 Å². The summed E-state index contributed by atoms with van der Waals surface area (Å²) in [4.78, 5) is 11.6. The molecule has 0 saturated heterocycles. The predicted molar refractivity (Wildman–Crippen MR) is 55.0 cm³/mol. The van der Waals surface area contributed by atoms with Crippen LogP contribution in [0.5, 0.6) is 0 Å². The van der Waals surface area contributed by atoms with Gasteiger partial charge in [0.15, 0.2) is 0 Å². The van der Waals surface area contributed by atoms with Crippen LogP contribution in [0.15, 0.2) is 30.3 Å². The molecule has 3 rings (SSSR count). The average molecular weight is 186 g/mol. The molecule has 0 radical (unpaired) electrons. The van der Waals surface area contributed by atoms with Crippen molar-refractivity contribution in [2.75, 3.05) is 0 Å².